The molecule has 0 aromatic carbocycles. The van der Waals surface area contributed by atoms with E-state index in [1.807, 2.05) is 12.2 Å². The zero-order valence-corrected chi connectivity index (χ0v) is 10.5. The van der Waals surface area contributed by atoms with E-state index in [2.05, 4.69) is 0 Å². The van der Waals surface area contributed by atoms with Crippen LogP contribution in [0.3, 0.4) is 0 Å². The predicted molar refractivity (Wildman–Crippen MR) is 63.8 cm³/mol. The molecule has 1 aliphatic heterocycles. The van der Waals surface area contributed by atoms with Gasteiger partial charge in [0, 0.05) is 25.8 Å². The van der Waals surface area contributed by atoms with Gasteiger partial charge in [-0.25, -0.2) is 13.6 Å². The molecule has 0 spiro atoms. The van der Waals surface area contributed by atoms with Crippen LogP contribution in [0.25, 0.3) is 0 Å². The van der Waals surface area contributed by atoms with Crippen molar-refractivity contribution in [2.45, 2.75) is 44.1 Å². The average Bonchev–Trinajstić information content (AvgIpc) is 2.80. The summed E-state index contributed by atoms with van der Waals surface area (Å²) in [6.07, 6.45) is 4.68. The first kappa shape index (κ1) is 14.0. The van der Waals surface area contributed by atoms with Crippen LogP contribution in [0.15, 0.2) is 12.2 Å². The van der Waals surface area contributed by atoms with Gasteiger partial charge in [0.15, 0.2) is 0 Å². The molecule has 0 radical (unpaired) electrons. The maximum atomic E-state index is 13.2. The number of halogens is 2. The maximum absolute atomic E-state index is 13.2. The second-order valence-electron chi connectivity index (χ2n) is 5.22. The predicted octanol–water partition coefficient (Wildman–Crippen LogP) is 2.05. The van der Waals surface area contributed by atoms with Gasteiger partial charge < -0.3 is 10.0 Å². The molecule has 1 fully saturated rings. The number of carboxylic acids is 1. The zero-order chi connectivity index (χ0) is 14.0. The summed E-state index contributed by atoms with van der Waals surface area (Å²) in [6, 6.07) is -1.40. The molecule has 1 aliphatic carbocycles. The normalized spacial score (nSPS) is 29.5. The largest absolute Gasteiger partial charge is 0.480 e. The minimum absolute atomic E-state index is 0.115. The van der Waals surface area contributed by atoms with E-state index in [1.54, 1.807) is 0 Å². The standard InChI is InChI=1S/C13H17F2NO3/c14-13(15)5-6-16(10(8-13)12(18)19)11(17)7-9-3-1-2-4-9/h1,3,9-10H,2,4-8H2,(H,18,19). The summed E-state index contributed by atoms with van der Waals surface area (Å²) in [6.45, 7) is -0.181. The van der Waals surface area contributed by atoms with Crippen LogP contribution in [0.4, 0.5) is 8.78 Å². The highest BCUT2D eigenvalue weighted by atomic mass is 19.3. The van der Waals surface area contributed by atoms with Crippen LogP contribution in [-0.4, -0.2) is 40.4 Å². The molecular formula is C13H17F2NO3. The molecule has 2 aliphatic rings. The summed E-state index contributed by atoms with van der Waals surface area (Å²) < 4.78 is 26.5. The minimum Gasteiger partial charge on any atom is -0.480 e. The molecule has 1 heterocycles. The Morgan fingerprint density at radius 3 is 2.74 bits per heavy atom. The fourth-order valence-electron chi connectivity index (χ4n) is 2.66. The number of carbonyl (C=O) groups is 2. The van der Waals surface area contributed by atoms with Gasteiger partial charge in [-0.3, -0.25) is 4.79 Å². The average molecular weight is 273 g/mol. The molecule has 2 atom stereocenters. The first-order chi connectivity index (χ1) is 8.89. The van der Waals surface area contributed by atoms with E-state index >= 15 is 0 Å². The number of carbonyl (C=O) groups excluding carboxylic acids is 1. The summed E-state index contributed by atoms with van der Waals surface area (Å²) >= 11 is 0. The fourth-order valence-corrected chi connectivity index (χ4v) is 2.66. The van der Waals surface area contributed by atoms with Crippen LogP contribution in [-0.2, 0) is 9.59 Å². The number of likely N-dealkylation sites (tertiary alicyclic amines) is 1. The molecular weight excluding hydrogens is 256 g/mol. The van der Waals surface area contributed by atoms with Crippen LogP contribution in [0.5, 0.6) is 0 Å². The van der Waals surface area contributed by atoms with Crippen molar-refractivity contribution in [3.8, 4) is 0 Å². The number of nitrogens with zero attached hydrogens (tertiary/aromatic N) is 1. The monoisotopic (exact) mass is 273 g/mol. The van der Waals surface area contributed by atoms with Crippen molar-refractivity contribution in [2.24, 2.45) is 5.92 Å². The van der Waals surface area contributed by atoms with Crippen molar-refractivity contribution < 1.29 is 23.5 Å². The highest BCUT2D eigenvalue weighted by Crippen LogP contribution is 2.33. The molecule has 4 nitrogen and oxygen atoms in total. The van der Waals surface area contributed by atoms with Crippen LogP contribution in [0.1, 0.15) is 32.1 Å². The zero-order valence-electron chi connectivity index (χ0n) is 10.5. The van der Waals surface area contributed by atoms with Crippen molar-refractivity contribution in [1.82, 2.24) is 4.90 Å². The molecule has 1 N–H and O–H groups in total. The van der Waals surface area contributed by atoms with Gasteiger partial charge in [-0.2, -0.15) is 0 Å². The molecule has 1 saturated heterocycles. The van der Waals surface area contributed by atoms with E-state index < -0.39 is 30.8 Å². The van der Waals surface area contributed by atoms with Crippen LogP contribution >= 0.6 is 0 Å². The number of aliphatic carboxylic acids is 1. The van der Waals surface area contributed by atoms with Gasteiger partial charge in [-0.05, 0) is 18.8 Å². The molecule has 0 bridgehead atoms. The number of hydrogen-bond acceptors (Lipinski definition) is 2. The lowest BCUT2D eigenvalue weighted by atomic mass is 9.96. The summed E-state index contributed by atoms with van der Waals surface area (Å²) in [4.78, 5) is 24.2. The fraction of sp³-hybridized carbons (Fsp3) is 0.692. The molecule has 0 aromatic rings. The van der Waals surface area contributed by atoms with E-state index in [9.17, 15) is 18.4 Å². The van der Waals surface area contributed by atoms with Crippen LogP contribution < -0.4 is 0 Å². The van der Waals surface area contributed by atoms with Gasteiger partial charge in [-0.15, -0.1) is 0 Å². The number of piperidine rings is 1. The molecule has 19 heavy (non-hydrogen) atoms. The Hall–Kier alpha value is -1.46. The first-order valence-electron chi connectivity index (χ1n) is 6.46. The Labute approximate surface area is 110 Å². The Morgan fingerprint density at radius 1 is 1.42 bits per heavy atom. The molecule has 2 rings (SSSR count). The maximum Gasteiger partial charge on any atom is 0.326 e. The van der Waals surface area contributed by atoms with Gasteiger partial charge in [0.1, 0.15) is 6.04 Å². The smallest absolute Gasteiger partial charge is 0.326 e. The number of carboxylic acid groups (broad SMARTS) is 1. The van der Waals surface area contributed by atoms with E-state index in [0.29, 0.717) is 0 Å². The second-order valence-corrected chi connectivity index (χ2v) is 5.22. The van der Waals surface area contributed by atoms with E-state index in [4.69, 9.17) is 5.11 Å². The lowest BCUT2D eigenvalue weighted by Gasteiger charge is -2.37. The van der Waals surface area contributed by atoms with Gasteiger partial charge in [0.2, 0.25) is 5.91 Å². The van der Waals surface area contributed by atoms with Crippen molar-refractivity contribution in [1.29, 1.82) is 0 Å². The first-order valence-corrected chi connectivity index (χ1v) is 6.46. The summed E-state index contributed by atoms with van der Waals surface area (Å²) in [7, 11) is 0. The molecule has 6 heteroatoms. The highest BCUT2D eigenvalue weighted by Gasteiger charge is 2.45. The lowest BCUT2D eigenvalue weighted by Crippen LogP contribution is -2.53. The number of hydrogen-bond donors (Lipinski definition) is 1. The minimum atomic E-state index is -2.99. The third kappa shape index (κ3) is 3.30. The van der Waals surface area contributed by atoms with Crippen molar-refractivity contribution in [2.75, 3.05) is 6.54 Å². The van der Waals surface area contributed by atoms with Gasteiger partial charge in [0.25, 0.3) is 5.92 Å². The number of amides is 1. The van der Waals surface area contributed by atoms with Crippen molar-refractivity contribution in [3.05, 3.63) is 12.2 Å². The lowest BCUT2D eigenvalue weighted by molar-refractivity contribution is -0.162. The third-order valence-corrected chi connectivity index (χ3v) is 3.74. The summed E-state index contributed by atoms with van der Waals surface area (Å²) in [5, 5.41) is 9.01. The number of rotatable bonds is 3. The van der Waals surface area contributed by atoms with E-state index in [1.165, 1.54) is 0 Å². The molecule has 1 amide bonds. The van der Waals surface area contributed by atoms with Crippen molar-refractivity contribution >= 4 is 11.9 Å². The van der Waals surface area contributed by atoms with Gasteiger partial charge in [-0.1, -0.05) is 12.2 Å². The quantitative estimate of drug-likeness (QED) is 0.801. The van der Waals surface area contributed by atoms with E-state index in [0.717, 1.165) is 17.7 Å². The van der Waals surface area contributed by atoms with E-state index in [-0.39, 0.29) is 24.8 Å². The molecule has 0 aromatic heterocycles. The molecule has 0 saturated carbocycles. The SMILES string of the molecule is O=C(O)C1CC(F)(F)CCN1C(=O)CC1C=CCC1. The molecule has 106 valence electrons. The van der Waals surface area contributed by atoms with Crippen LogP contribution in [0.2, 0.25) is 0 Å². The Morgan fingerprint density at radius 2 is 2.16 bits per heavy atom. The third-order valence-electron chi connectivity index (χ3n) is 3.74. The Bertz CT molecular complexity index is 409. The number of allylic oxidation sites excluding steroid dienone is 2. The summed E-state index contributed by atoms with van der Waals surface area (Å²) in [5.41, 5.74) is 0. The van der Waals surface area contributed by atoms with Gasteiger partial charge >= 0.3 is 5.97 Å². The topological polar surface area (TPSA) is 57.6 Å². The highest BCUT2D eigenvalue weighted by molar-refractivity contribution is 5.84. The summed E-state index contributed by atoms with van der Waals surface area (Å²) in [5.74, 6) is -4.56. The van der Waals surface area contributed by atoms with Gasteiger partial charge in [0.05, 0.1) is 0 Å². The number of alkyl halides is 2. The molecule has 2 unspecified atom stereocenters. The van der Waals surface area contributed by atoms with Crippen molar-refractivity contribution in [3.63, 3.8) is 0 Å². The van der Waals surface area contributed by atoms with Crippen LogP contribution in [0, 0.1) is 5.92 Å². The second kappa shape index (κ2) is 5.27. The Kier molecular flexibility index (Phi) is 3.87. The Balaban J connectivity index is 2.02.